The first kappa shape index (κ1) is 17.9. The predicted molar refractivity (Wildman–Crippen MR) is 104 cm³/mol. The SMILES string of the molecule is CN(CCCc1cc(-c2cccc(F)c2)n[nH]1)C(=O)c1cn2ccccc2n1. The predicted octanol–water partition coefficient (Wildman–Crippen LogP) is 3.57. The average molecular weight is 377 g/mol. The summed E-state index contributed by atoms with van der Waals surface area (Å²) in [5, 5.41) is 7.23. The summed E-state index contributed by atoms with van der Waals surface area (Å²) in [5.74, 6) is -0.386. The molecule has 1 aromatic carbocycles. The number of carbonyl (C=O) groups excluding carboxylic acids is 1. The number of hydrogen-bond donors (Lipinski definition) is 1. The molecule has 0 spiro atoms. The van der Waals surface area contributed by atoms with Crippen LogP contribution in [0.5, 0.6) is 0 Å². The van der Waals surface area contributed by atoms with Crippen molar-refractivity contribution in [1.29, 1.82) is 0 Å². The summed E-state index contributed by atoms with van der Waals surface area (Å²) in [6.07, 6.45) is 5.13. The van der Waals surface area contributed by atoms with Gasteiger partial charge in [0.15, 0.2) is 0 Å². The number of H-pyrrole nitrogens is 1. The van der Waals surface area contributed by atoms with Crippen molar-refractivity contribution in [3.05, 3.63) is 78.1 Å². The van der Waals surface area contributed by atoms with Crippen molar-refractivity contribution in [2.75, 3.05) is 13.6 Å². The Labute approximate surface area is 161 Å². The number of rotatable bonds is 6. The fourth-order valence-corrected chi connectivity index (χ4v) is 3.13. The average Bonchev–Trinajstić information content (AvgIpc) is 3.34. The maximum absolute atomic E-state index is 13.4. The van der Waals surface area contributed by atoms with E-state index >= 15 is 0 Å². The smallest absolute Gasteiger partial charge is 0.273 e. The second kappa shape index (κ2) is 7.64. The highest BCUT2D eigenvalue weighted by molar-refractivity contribution is 5.92. The molecule has 3 aromatic heterocycles. The molecule has 0 saturated carbocycles. The Morgan fingerprint density at radius 2 is 2.11 bits per heavy atom. The fraction of sp³-hybridized carbons (Fsp3) is 0.190. The van der Waals surface area contributed by atoms with E-state index in [1.807, 2.05) is 40.9 Å². The van der Waals surface area contributed by atoms with Crippen LogP contribution in [0.3, 0.4) is 0 Å². The van der Waals surface area contributed by atoms with Crippen LogP contribution in [0.2, 0.25) is 0 Å². The lowest BCUT2D eigenvalue weighted by molar-refractivity contribution is 0.0788. The number of aryl methyl sites for hydroxylation is 1. The van der Waals surface area contributed by atoms with Gasteiger partial charge >= 0.3 is 0 Å². The second-order valence-corrected chi connectivity index (χ2v) is 6.71. The summed E-state index contributed by atoms with van der Waals surface area (Å²) in [4.78, 5) is 18.6. The number of amides is 1. The zero-order valence-electron chi connectivity index (χ0n) is 15.5. The molecule has 0 saturated heterocycles. The highest BCUT2D eigenvalue weighted by Gasteiger charge is 2.15. The molecule has 0 fully saturated rings. The molecule has 142 valence electrons. The van der Waals surface area contributed by atoms with Gasteiger partial charge in [-0.3, -0.25) is 9.89 Å². The van der Waals surface area contributed by atoms with Crippen molar-refractivity contribution in [3.63, 3.8) is 0 Å². The van der Waals surface area contributed by atoms with E-state index in [2.05, 4.69) is 15.2 Å². The third-order valence-electron chi connectivity index (χ3n) is 4.62. The van der Waals surface area contributed by atoms with Crippen LogP contribution in [-0.4, -0.2) is 44.0 Å². The summed E-state index contributed by atoms with van der Waals surface area (Å²) in [6, 6.07) is 13.9. The lowest BCUT2D eigenvalue weighted by Gasteiger charge is -2.15. The van der Waals surface area contributed by atoms with Gasteiger partial charge in [-0.25, -0.2) is 9.37 Å². The van der Waals surface area contributed by atoms with Gasteiger partial charge in [0.25, 0.3) is 5.91 Å². The van der Waals surface area contributed by atoms with Crippen LogP contribution in [0, 0.1) is 5.82 Å². The van der Waals surface area contributed by atoms with Crippen molar-refractivity contribution in [2.45, 2.75) is 12.8 Å². The molecule has 1 amide bonds. The Bertz CT molecular complexity index is 1080. The van der Waals surface area contributed by atoms with Crippen LogP contribution < -0.4 is 0 Å². The number of pyridine rings is 1. The van der Waals surface area contributed by atoms with E-state index < -0.39 is 0 Å². The van der Waals surface area contributed by atoms with Gasteiger partial charge in [0.1, 0.15) is 17.2 Å². The van der Waals surface area contributed by atoms with E-state index in [1.54, 1.807) is 24.2 Å². The maximum Gasteiger partial charge on any atom is 0.273 e. The maximum atomic E-state index is 13.4. The molecule has 1 N–H and O–H groups in total. The molecule has 0 aliphatic carbocycles. The first-order valence-corrected chi connectivity index (χ1v) is 9.09. The first-order valence-electron chi connectivity index (χ1n) is 9.09. The Morgan fingerprint density at radius 1 is 1.21 bits per heavy atom. The van der Waals surface area contributed by atoms with Crippen LogP contribution in [0.25, 0.3) is 16.9 Å². The minimum atomic E-state index is -0.283. The van der Waals surface area contributed by atoms with Gasteiger partial charge in [0.05, 0.1) is 5.69 Å². The number of hydrogen-bond acceptors (Lipinski definition) is 3. The van der Waals surface area contributed by atoms with Gasteiger partial charge in [-0.2, -0.15) is 5.10 Å². The molecular weight excluding hydrogens is 357 g/mol. The van der Waals surface area contributed by atoms with Gasteiger partial charge in [-0.05, 0) is 43.2 Å². The summed E-state index contributed by atoms with van der Waals surface area (Å²) >= 11 is 0. The molecule has 0 unspecified atom stereocenters. The summed E-state index contributed by atoms with van der Waals surface area (Å²) in [5.41, 5.74) is 3.59. The number of halogens is 1. The summed E-state index contributed by atoms with van der Waals surface area (Å²) in [6.45, 7) is 0.598. The van der Waals surface area contributed by atoms with E-state index in [1.165, 1.54) is 12.1 Å². The fourth-order valence-electron chi connectivity index (χ4n) is 3.13. The van der Waals surface area contributed by atoms with Crippen molar-refractivity contribution in [1.82, 2.24) is 24.5 Å². The van der Waals surface area contributed by atoms with E-state index in [-0.39, 0.29) is 11.7 Å². The number of benzene rings is 1. The van der Waals surface area contributed by atoms with Crippen molar-refractivity contribution in [3.8, 4) is 11.3 Å². The lowest BCUT2D eigenvalue weighted by Crippen LogP contribution is -2.28. The number of imidazole rings is 1. The first-order chi connectivity index (χ1) is 13.6. The third kappa shape index (κ3) is 3.78. The van der Waals surface area contributed by atoms with Crippen LogP contribution >= 0.6 is 0 Å². The number of aromatic amines is 1. The second-order valence-electron chi connectivity index (χ2n) is 6.71. The molecule has 0 bridgehead atoms. The molecule has 4 rings (SSSR count). The van der Waals surface area contributed by atoms with E-state index in [0.717, 1.165) is 29.7 Å². The Kier molecular flexibility index (Phi) is 4.89. The van der Waals surface area contributed by atoms with Crippen molar-refractivity contribution >= 4 is 11.6 Å². The van der Waals surface area contributed by atoms with Crippen LogP contribution in [0.1, 0.15) is 22.6 Å². The molecule has 4 aromatic rings. The van der Waals surface area contributed by atoms with E-state index in [9.17, 15) is 9.18 Å². The minimum absolute atomic E-state index is 0.103. The zero-order valence-corrected chi connectivity index (χ0v) is 15.5. The highest BCUT2D eigenvalue weighted by atomic mass is 19.1. The number of aromatic nitrogens is 4. The molecule has 0 radical (unpaired) electrons. The largest absolute Gasteiger partial charge is 0.340 e. The van der Waals surface area contributed by atoms with Gasteiger partial charge in [-0.1, -0.05) is 18.2 Å². The molecule has 0 aliphatic heterocycles. The molecule has 7 heteroatoms. The van der Waals surface area contributed by atoms with E-state index in [4.69, 9.17) is 0 Å². The van der Waals surface area contributed by atoms with E-state index in [0.29, 0.717) is 17.9 Å². The molecule has 0 aliphatic rings. The molecule has 0 atom stereocenters. The summed E-state index contributed by atoms with van der Waals surface area (Å²) < 4.78 is 15.2. The molecule has 3 heterocycles. The van der Waals surface area contributed by atoms with Gasteiger partial charge in [0.2, 0.25) is 0 Å². The number of carbonyl (C=O) groups is 1. The molecular formula is C21H20FN5O. The molecule has 6 nitrogen and oxygen atoms in total. The Morgan fingerprint density at radius 3 is 2.93 bits per heavy atom. The van der Waals surface area contributed by atoms with Crippen molar-refractivity contribution < 1.29 is 9.18 Å². The standard InChI is InChI=1S/C21H20FN5O/c1-26(21(28)19-14-27-11-3-2-9-20(27)23-19)10-5-8-17-13-18(25-24-17)15-6-4-7-16(22)12-15/h2-4,6-7,9,11-14H,5,8,10H2,1H3,(H,24,25). The molecule has 28 heavy (non-hydrogen) atoms. The number of nitrogens with zero attached hydrogens (tertiary/aromatic N) is 4. The number of nitrogens with one attached hydrogen (secondary N) is 1. The van der Waals surface area contributed by atoms with Crippen molar-refractivity contribution in [2.24, 2.45) is 0 Å². The third-order valence-corrected chi connectivity index (χ3v) is 4.62. The van der Waals surface area contributed by atoms with Crippen LogP contribution in [-0.2, 0) is 6.42 Å². The topological polar surface area (TPSA) is 66.3 Å². The quantitative estimate of drug-likeness (QED) is 0.559. The normalized spacial score (nSPS) is 11.1. The minimum Gasteiger partial charge on any atom is -0.340 e. The number of fused-ring (bicyclic) bond motifs is 1. The van der Waals surface area contributed by atoms with Crippen LogP contribution in [0.4, 0.5) is 4.39 Å². The highest BCUT2D eigenvalue weighted by Crippen LogP contribution is 2.19. The van der Waals surface area contributed by atoms with Gasteiger partial charge in [0, 0.05) is 37.2 Å². The zero-order chi connectivity index (χ0) is 19.5. The van der Waals surface area contributed by atoms with Gasteiger partial charge in [-0.15, -0.1) is 0 Å². The lowest BCUT2D eigenvalue weighted by atomic mass is 10.1. The van der Waals surface area contributed by atoms with Gasteiger partial charge < -0.3 is 9.30 Å². The summed E-state index contributed by atoms with van der Waals surface area (Å²) in [7, 11) is 1.78. The Balaban J connectivity index is 1.34. The Hall–Kier alpha value is -3.48. The monoisotopic (exact) mass is 377 g/mol. The van der Waals surface area contributed by atoms with Crippen LogP contribution in [0.15, 0.2) is 60.9 Å².